The third-order valence-corrected chi connectivity index (χ3v) is 10.0. The van der Waals surface area contributed by atoms with Crippen LogP contribution in [0.3, 0.4) is 0 Å². The van der Waals surface area contributed by atoms with Crippen LogP contribution in [0.5, 0.6) is 0 Å². The molecule has 0 radical (unpaired) electrons. The van der Waals surface area contributed by atoms with E-state index in [0.717, 1.165) is 12.1 Å². The highest BCUT2D eigenvalue weighted by atomic mass is 32.2. The highest BCUT2D eigenvalue weighted by molar-refractivity contribution is 7.89. The number of carbonyl (C=O) groups excluding carboxylic acids is 5. The molecular formula is C35H50N8O14S. The predicted octanol–water partition coefficient (Wildman–Crippen LogP) is 0.268. The molecule has 0 saturated carbocycles. The summed E-state index contributed by atoms with van der Waals surface area (Å²) in [6, 6.07) is 13.3. The zero-order chi connectivity index (χ0) is 42.8. The van der Waals surface area contributed by atoms with E-state index < -0.39 is 85.6 Å². The van der Waals surface area contributed by atoms with Gasteiger partial charge in [-0.25, -0.2) is 30.3 Å². The number of hydroxylamine groups is 5. The fraction of sp³-hybridized carbons (Fsp3) is 0.514. The lowest BCUT2D eigenvalue weighted by atomic mass is 10.1. The smallest absolute Gasteiger partial charge is 0.289 e. The van der Waals surface area contributed by atoms with Crippen LogP contribution in [0.25, 0.3) is 0 Å². The highest BCUT2D eigenvalue weighted by Gasteiger charge is 2.38. The number of primary amides is 1. The molecule has 1 fully saturated rings. The lowest BCUT2D eigenvalue weighted by molar-refractivity contribution is -0.388. The van der Waals surface area contributed by atoms with Crippen LogP contribution < -0.4 is 33.4 Å². The van der Waals surface area contributed by atoms with Crippen LogP contribution in [-0.2, 0) is 64.6 Å². The van der Waals surface area contributed by atoms with E-state index in [4.69, 9.17) is 35.7 Å². The van der Waals surface area contributed by atoms with Crippen molar-refractivity contribution in [1.29, 1.82) is 0 Å². The Labute approximate surface area is 334 Å². The zero-order valence-electron chi connectivity index (χ0n) is 32.2. The van der Waals surface area contributed by atoms with Gasteiger partial charge in [-0.2, -0.15) is 0 Å². The number of nitro benzene ring substituents is 1. The number of hydrogen-bond acceptors (Lipinski definition) is 15. The van der Waals surface area contributed by atoms with Gasteiger partial charge < -0.3 is 11.5 Å². The third kappa shape index (κ3) is 14.7. The first-order valence-corrected chi connectivity index (χ1v) is 19.8. The van der Waals surface area contributed by atoms with E-state index in [1.807, 2.05) is 0 Å². The Bertz CT molecular complexity index is 1820. The topological polar surface area (TPSA) is 312 Å². The van der Waals surface area contributed by atoms with Crippen LogP contribution in [-0.4, -0.2) is 91.0 Å². The number of nitrogens with zero attached hydrogens (tertiary/aromatic N) is 2. The molecule has 22 nitrogen and oxygen atoms in total. The number of unbranched alkanes of at least 4 members (excludes halogenated alkanes) is 1. The maximum Gasteiger partial charge on any atom is 0.289 e. The summed E-state index contributed by atoms with van der Waals surface area (Å²) in [6.45, 7) is 4.99. The molecule has 1 saturated heterocycles. The molecule has 2 aromatic rings. The van der Waals surface area contributed by atoms with Gasteiger partial charge >= 0.3 is 0 Å². The van der Waals surface area contributed by atoms with Crippen LogP contribution in [0, 0.1) is 16.0 Å². The van der Waals surface area contributed by atoms with Gasteiger partial charge in [-0.1, -0.05) is 60.8 Å². The molecule has 3 rings (SSSR count). The summed E-state index contributed by atoms with van der Waals surface area (Å²) in [5.41, 5.74) is 19.2. The van der Waals surface area contributed by atoms with Crippen molar-refractivity contribution in [2.45, 2.75) is 101 Å². The van der Waals surface area contributed by atoms with Crippen molar-refractivity contribution in [1.82, 2.24) is 26.4 Å². The molecule has 0 aliphatic carbocycles. The summed E-state index contributed by atoms with van der Waals surface area (Å²) in [5.74, 6) is -4.60. The Kier molecular flexibility index (Phi) is 19.0. The summed E-state index contributed by atoms with van der Waals surface area (Å²) in [5, 5.41) is 11.5. The van der Waals surface area contributed by atoms with Crippen molar-refractivity contribution in [2.75, 3.05) is 13.1 Å². The van der Waals surface area contributed by atoms with Crippen molar-refractivity contribution < 1.29 is 61.5 Å². The SMILES string of the molecule is CC(C)C[C@@H](ONC(=O)[C@H]1CCCN(S(=O)(=O)c2ccccc2[N+](=O)[O-])O1)C(=O)NO[C@H](Cc1ccccc1)C(=O)NO[C@H](CCCCN)C(=O)NO[C@H](C)C(N)=O. The molecule has 5 amide bonds. The van der Waals surface area contributed by atoms with Gasteiger partial charge in [-0.05, 0) is 69.5 Å². The zero-order valence-corrected chi connectivity index (χ0v) is 33.0. The van der Waals surface area contributed by atoms with E-state index in [2.05, 4.69) is 21.9 Å². The van der Waals surface area contributed by atoms with Gasteiger partial charge in [-0.15, -0.1) is 0 Å². The number of para-hydroxylation sites is 1. The van der Waals surface area contributed by atoms with Gasteiger partial charge in [0, 0.05) is 19.0 Å². The number of nitrogens with two attached hydrogens (primary N) is 2. The molecule has 0 spiro atoms. The average molecular weight is 839 g/mol. The van der Waals surface area contributed by atoms with E-state index >= 15 is 0 Å². The largest absolute Gasteiger partial charge is 0.367 e. The minimum atomic E-state index is -4.56. The summed E-state index contributed by atoms with van der Waals surface area (Å²) in [6.07, 6.45) is -5.51. The van der Waals surface area contributed by atoms with Crippen molar-refractivity contribution in [2.24, 2.45) is 17.4 Å². The molecule has 0 bridgehead atoms. The van der Waals surface area contributed by atoms with Crippen molar-refractivity contribution in [3.63, 3.8) is 0 Å². The number of sulfonamides is 1. The lowest BCUT2D eigenvalue weighted by Crippen LogP contribution is -2.50. The molecule has 0 aromatic heterocycles. The standard InChI is InChI=1S/C35H50N8O14S/c1-22(2)20-28(55-39-33(46)27-16-11-19-42(57-27)58(51,52)30-17-8-7-14-25(30)43(49)50)34(47)41-56-29(21-24-12-5-4-6-13-24)35(48)40-54-26(15-9-10-18-36)32(45)38-53-23(3)31(37)44/h4-8,12-14,17,22-23,26-29H,9-11,15-16,18-21,36H2,1-3H3,(H2,37,44)(H,38,45)(H,39,46)(H,40,48)(H,41,47)/t23-,26-,27-,28-,29-/m1/s1. The Hall–Kier alpha value is -5.14. The Morgan fingerprint density at radius 3 is 2.09 bits per heavy atom. The molecule has 8 N–H and O–H groups in total. The van der Waals surface area contributed by atoms with Crippen molar-refractivity contribution in [3.05, 3.63) is 70.3 Å². The van der Waals surface area contributed by atoms with Crippen LogP contribution in [0.4, 0.5) is 5.69 Å². The second-order valence-corrected chi connectivity index (χ2v) is 15.2. The molecule has 0 unspecified atom stereocenters. The first-order chi connectivity index (χ1) is 27.5. The van der Waals surface area contributed by atoms with Crippen LogP contribution >= 0.6 is 0 Å². The van der Waals surface area contributed by atoms with E-state index in [1.165, 1.54) is 19.1 Å². The molecule has 58 heavy (non-hydrogen) atoms. The van der Waals surface area contributed by atoms with Gasteiger partial charge in [0.1, 0.15) is 0 Å². The minimum Gasteiger partial charge on any atom is -0.367 e. The van der Waals surface area contributed by atoms with Gasteiger partial charge in [0.05, 0.1) is 4.92 Å². The predicted molar refractivity (Wildman–Crippen MR) is 201 cm³/mol. The second-order valence-electron chi connectivity index (χ2n) is 13.4. The van der Waals surface area contributed by atoms with Crippen molar-refractivity contribution >= 4 is 45.2 Å². The highest BCUT2D eigenvalue weighted by Crippen LogP contribution is 2.29. The maximum absolute atomic E-state index is 13.4. The number of hydrogen-bond donors (Lipinski definition) is 6. The maximum atomic E-state index is 13.4. The third-order valence-electron chi connectivity index (χ3n) is 8.34. The summed E-state index contributed by atoms with van der Waals surface area (Å²) >= 11 is 0. The molecular weight excluding hydrogens is 788 g/mol. The van der Waals surface area contributed by atoms with E-state index in [1.54, 1.807) is 44.2 Å². The molecule has 320 valence electrons. The monoisotopic (exact) mass is 838 g/mol. The fourth-order valence-electron chi connectivity index (χ4n) is 5.17. The van der Waals surface area contributed by atoms with Gasteiger partial charge in [-0.3, -0.25) is 58.3 Å². The van der Waals surface area contributed by atoms with Gasteiger partial charge in [0.15, 0.2) is 35.4 Å². The molecule has 2 aromatic carbocycles. The summed E-state index contributed by atoms with van der Waals surface area (Å²) in [4.78, 5) is 101. The molecule has 23 heteroatoms. The number of nitro groups is 1. The average Bonchev–Trinajstić information content (AvgIpc) is 3.20. The van der Waals surface area contributed by atoms with E-state index in [9.17, 15) is 42.5 Å². The van der Waals surface area contributed by atoms with Crippen molar-refractivity contribution in [3.8, 4) is 0 Å². The minimum absolute atomic E-state index is 0.0356. The summed E-state index contributed by atoms with van der Waals surface area (Å²) < 4.78 is 27.0. The summed E-state index contributed by atoms with van der Waals surface area (Å²) in [7, 11) is -4.56. The normalized spacial score (nSPS) is 16.7. The lowest BCUT2D eigenvalue weighted by Gasteiger charge is -2.30. The van der Waals surface area contributed by atoms with E-state index in [-0.39, 0.29) is 44.6 Å². The molecule has 1 aliphatic rings. The van der Waals surface area contributed by atoms with Gasteiger partial charge in [0.2, 0.25) is 5.91 Å². The Morgan fingerprint density at radius 2 is 1.45 bits per heavy atom. The van der Waals surface area contributed by atoms with E-state index in [0.29, 0.717) is 29.4 Å². The number of rotatable bonds is 24. The van der Waals surface area contributed by atoms with Crippen LogP contribution in [0.2, 0.25) is 0 Å². The van der Waals surface area contributed by atoms with Crippen LogP contribution in [0.15, 0.2) is 59.5 Å². The molecule has 1 heterocycles. The number of benzene rings is 2. The number of amides is 5. The van der Waals surface area contributed by atoms with Crippen LogP contribution in [0.1, 0.15) is 64.9 Å². The quantitative estimate of drug-likeness (QED) is 0.0470. The number of nitrogens with one attached hydrogen (secondary N) is 4. The first kappa shape index (κ1) is 47.2. The Morgan fingerprint density at radius 1 is 0.862 bits per heavy atom. The first-order valence-electron chi connectivity index (χ1n) is 18.3. The molecule has 5 atom stereocenters. The number of carbonyl (C=O) groups is 5. The second kappa shape index (κ2) is 23.3. The van der Waals surface area contributed by atoms with Gasteiger partial charge in [0.25, 0.3) is 39.3 Å². The fourth-order valence-corrected chi connectivity index (χ4v) is 6.63. The molecule has 1 aliphatic heterocycles. The Balaban J connectivity index is 1.68.